The molecule has 1 saturated carbocycles. The zero-order valence-electron chi connectivity index (χ0n) is 17.5. The fourth-order valence-electron chi connectivity index (χ4n) is 5.83. The van der Waals surface area contributed by atoms with Gasteiger partial charge in [0.25, 0.3) is 0 Å². The molecule has 6 heteroatoms. The van der Waals surface area contributed by atoms with E-state index in [-0.39, 0.29) is 12.0 Å². The van der Waals surface area contributed by atoms with Crippen molar-refractivity contribution in [1.29, 1.82) is 0 Å². The monoisotopic (exact) mass is 426 g/mol. The number of furan rings is 1. The summed E-state index contributed by atoms with van der Waals surface area (Å²) in [5.74, 6) is 1.69. The van der Waals surface area contributed by atoms with Crippen molar-refractivity contribution < 1.29 is 14.3 Å². The average Bonchev–Trinajstić information content (AvgIpc) is 3.48. The highest BCUT2D eigenvalue weighted by molar-refractivity contribution is 8.00. The van der Waals surface area contributed by atoms with Crippen molar-refractivity contribution in [1.82, 2.24) is 0 Å². The maximum Gasteiger partial charge on any atom is 0.214 e. The zero-order valence-corrected chi connectivity index (χ0v) is 18.3. The summed E-state index contributed by atoms with van der Waals surface area (Å²) >= 11 is 1.60. The second kappa shape index (κ2) is 7.97. The van der Waals surface area contributed by atoms with Crippen LogP contribution in [-0.2, 0) is 30.5 Å². The number of hydrogen-bond acceptors (Lipinski definition) is 5. The third kappa shape index (κ3) is 3.54. The lowest BCUT2D eigenvalue weighted by Crippen LogP contribution is -2.15. The number of anilines is 1. The Morgan fingerprint density at radius 2 is 1.80 bits per heavy atom. The second-order valence-corrected chi connectivity index (χ2v) is 9.96. The lowest BCUT2D eigenvalue weighted by atomic mass is 9.86. The number of nitrogens with two attached hydrogens (primary N) is 1. The van der Waals surface area contributed by atoms with E-state index in [9.17, 15) is 9.90 Å². The van der Waals surface area contributed by atoms with Crippen molar-refractivity contribution in [2.45, 2.75) is 81.8 Å². The number of rotatable bonds is 3. The van der Waals surface area contributed by atoms with Crippen molar-refractivity contribution >= 4 is 23.5 Å². The van der Waals surface area contributed by atoms with E-state index >= 15 is 0 Å². The number of benzene rings is 1. The van der Waals surface area contributed by atoms with Crippen LogP contribution < -0.4 is 10.5 Å². The molecule has 1 aromatic carbocycles. The molecule has 6 rings (SSSR count). The first-order chi connectivity index (χ1) is 14.5. The molecule has 1 aromatic heterocycles. The molecule has 30 heavy (non-hydrogen) atoms. The van der Waals surface area contributed by atoms with Crippen molar-refractivity contribution in [3.05, 3.63) is 45.7 Å². The molecular formula is C24H30N2O3S. The Balaban J connectivity index is 0.000000446. The van der Waals surface area contributed by atoms with Crippen molar-refractivity contribution in [3.8, 4) is 0 Å². The van der Waals surface area contributed by atoms with Gasteiger partial charge in [-0.3, -0.25) is 4.79 Å². The Kier molecular flexibility index (Phi) is 5.31. The van der Waals surface area contributed by atoms with E-state index in [1.165, 1.54) is 68.7 Å². The van der Waals surface area contributed by atoms with Crippen LogP contribution in [0.1, 0.15) is 84.6 Å². The van der Waals surface area contributed by atoms with Gasteiger partial charge < -0.3 is 20.0 Å². The highest BCUT2D eigenvalue weighted by Crippen LogP contribution is 2.53. The van der Waals surface area contributed by atoms with Crippen LogP contribution in [0.3, 0.4) is 0 Å². The molecule has 4 aliphatic carbocycles. The van der Waals surface area contributed by atoms with Gasteiger partial charge in [-0.05, 0) is 92.0 Å². The van der Waals surface area contributed by atoms with Crippen LogP contribution in [0.15, 0.2) is 21.6 Å². The number of aryl methyl sites for hydroxylation is 2. The van der Waals surface area contributed by atoms with Gasteiger partial charge in [0.05, 0.1) is 11.8 Å². The van der Waals surface area contributed by atoms with Crippen LogP contribution in [0.5, 0.6) is 0 Å². The molecule has 2 aromatic rings. The van der Waals surface area contributed by atoms with Gasteiger partial charge >= 0.3 is 0 Å². The normalized spacial score (nSPS) is 25.2. The molecule has 2 bridgehead atoms. The minimum atomic E-state index is -0.333. The number of carbonyl (C=O) groups excluding carboxylic acids is 1. The molecule has 4 aliphatic rings. The van der Waals surface area contributed by atoms with E-state index < -0.39 is 0 Å². The highest BCUT2D eigenvalue weighted by atomic mass is 32.2. The predicted octanol–water partition coefficient (Wildman–Crippen LogP) is 4.80. The third-order valence-corrected chi connectivity index (χ3v) is 7.81. The van der Waals surface area contributed by atoms with E-state index in [1.54, 1.807) is 23.1 Å². The maximum atomic E-state index is 10.6. The zero-order chi connectivity index (χ0) is 20.8. The molecule has 3 unspecified atom stereocenters. The maximum absolute atomic E-state index is 10.6. The van der Waals surface area contributed by atoms with E-state index in [1.807, 2.05) is 0 Å². The van der Waals surface area contributed by atoms with Crippen LogP contribution in [0.2, 0.25) is 0 Å². The summed E-state index contributed by atoms with van der Waals surface area (Å²) in [5, 5.41) is 11.5. The first-order valence-electron chi connectivity index (χ1n) is 11.2. The van der Waals surface area contributed by atoms with E-state index in [0.29, 0.717) is 11.8 Å². The van der Waals surface area contributed by atoms with Gasteiger partial charge in [0.1, 0.15) is 5.76 Å². The summed E-state index contributed by atoms with van der Waals surface area (Å²) in [6, 6.07) is 4.56. The molecule has 160 valence electrons. The third-order valence-electron chi connectivity index (χ3n) is 7.10. The van der Waals surface area contributed by atoms with Crippen molar-refractivity contribution in [3.63, 3.8) is 0 Å². The molecule has 5 nitrogen and oxygen atoms in total. The SMILES string of the molecule is CC(N)=O.OC1c2cc(SNc3c4c(cc5c3CCC5)CCC4)oc2C2CCC1C2. The number of amides is 1. The molecular weight excluding hydrogens is 396 g/mol. The quantitative estimate of drug-likeness (QED) is 0.614. The lowest BCUT2D eigenvalue weighted by Gasteiger charge is -2.23. The number of fused-ring (bicyclic) bond motifs is 6. The minimum Gasteiger partial charge on any atom is -0.452 e. The molecule has 3 atom stereocenters. The largest absolute Gasteiger partial charge is 0.452 e. The van der Waals surface area contributed by atoms with Crippen molar-refractivity contribution in [2.24, 2.45) is 11.7 Å². The number of nitrogens with one attached hydrogen (secondary N) is 1. The Hall–Kier alpha value is -1.92. The average molecular weight is 427 g/mol. The highest BCUT2D eigenvalue weighted by Gasteiger charge is 2.41. The molecule has 1 fully saturated rings. The topological polar surface area (TPSA) is 88.5 Å². The van der Waals surface area contributed by atoms with Gasteiger partial charge in [0, 0.05) is 30.4 Å². The number of aliphatic hydroxyl groups is 1. The van der Waals surface area contributed by atoms with E-state index in [0.717, 1.165) is 29.3 Å². The Labute approximate surface area is 181 Å². The number of aliphatic hydroxyl groups excluding tert-OH is 1. The summed E-state index contributed by atoms with van der Waals surface area (Å²) in [6.45, 7) is 1.31. The van der Waals surface area contributed by atoms with Crippen LogP contribution >= 0.6 is 11.9 Å². The Morgan fingerprint density at radius 1 is 1.13 bits per heavy atom. The molecule has 0 radical (unpaired) electrons. The van der Waals surface area contributed by atoms with Gasteiger partial charge in [-0.1, -0.05) is 6.07 Å². The predicted molar refractivity (Wildman–Crippen MR) is 119 cm³/mol. The first kappa shape index (κ1) is 20.0. The number of primary amides is 1. The fourth-order valence-corrected chi connectivity index (χ4v) is 6.60. The number of carbonyl (C=O) groups is 1. The first-order valence-corrected chi connectivity index (χ1v) is 12.0. The second-order valence-electron chi connectivity index (χ2n) is 9.15. The van der Waals surface area contributed by atoms with Gasteiger partial charge in [-0.15, -0.1) is 0 Å². The van der Waals surface area contributed by atoms with Gasteiger partial charge in [-0.25, -0.2) is 0 Å². The van der Waals surface area contributed by atoms with Crippen LogP contribution in [0, 0.1) is 5.92 Å². The standard InChI is InChI=1S/C22H25NO2S.C2H5NO/c24-21-14-7-8-15(10-14)22-18(21)11-19(25-22)26-23-20-16-5-1-3-12(16)9-13-4-2-6-17(13)20;1-2(3)4/h9,11,14-15,21,23-24H,1-8,10H2;1H3,(H2,3,4). The Bertz CT molecular complexity index is 934. The van der Waals surface area contributed by atoms with Crippen LogP contribution in [-0.4, -0.2) is 11.0 Å². The molecule has 0 aliphatic heterocycles. The molecule has 1 heterocycles. The molecule has 0 spiro atoms. The van der Waals surface area contributed by atoms with Crippen LogP contribution in [0.4, 0.5) is 5.69 Å². The smallest absolute Gasteiger partial charge is 0.214 e. The summed E-state index contributed by atoms with van der Waals surface area (Å²) in [5.41, 5.74) is 13.1. The van der Waals surface area contributed by atoms with Gasteiger partial charge in [0.15, 0.2) is 5.09 Å². The molecule has 1 amide bonds. The number of hydrogen-bond donors (Lipinski definition) is 3. The Morgan fingerprint density at radius 3 is 2.47 bits per heavy atom. The summed E-state index contributed by atoms with van der Waals surface area (Å²) < 4.78 is 9.88. The van der Waals surface area contributed by atoms with Gasteiger partial charge in [0.2, 0.25) is 5.91 Å². The summed E-state index contributed by atoms with van der Waals surface area (Å²) in [6.07, 6.45) is 10.5. The molecule has 4 N–H and O–H groups in total. The lowest BCUT2D eigenvalue weighted by molar-refractivity contribution is -0.115. The van der Waals surface area contributed by atoms with Crippen molar-refractivity contribution in [2.75, 3.05) is 4.72 Å². The molecule has 0 saturated heterocycles. The van der Waals surface area contributed by atoms with Crippen LogP contribution in [0.25, 0.3) is 0 Å². The fraction of sp³-hybridized carbons (Fsp3) is 0.542. The van der Waals surface area contributed by atoms with E-state index in [4.69, 9.17) is 4.42 Å². The summed E-state index contributed by atoms with van der Waals surface area (Å²) in [7, 11) is 0. The minimum absolute atomic E-state index is 0.327. The van der Waals surface area contributed by atoms with E-state index in [2.05, 4.69) is 22.6 Å². The van der Waals surface area contributed by atoms with Gasteiger partial charge in [-0.2, -0.15) is 0 Å². The summed E-state index contributed by atoms with van der Waals surface area (Å²) in [4.78, 5) is 9.22.